The molecule has 0 bridgehead atoms. The van der Waals surface area contributed by atoms with E-state index in [0.717, 1.165) is 25.8 Å². The molecule has 0 radical (unpaired) electrons. The highest BCUT2D eigenvalue weighted by molar-refractivity contribution is 5.77. The number of hydrogen-bond donors (Lipinski definition) is 1. The van der Waals surface area contributed by atoms with Gasteiger partial charge in [0.1, 0.15) is 0 Å². The van der Waals surface area contributed by atoms with E-state index >= 15 is 0 Å². The van der Waals surface area contributed by atoms with Crippen LogP contribution in [0.2, 0.25) is 0 Å². The van der Waals surface area contributed by atoms with E-state index in [-0.39, 0.29) is 0 Å². The third kappa shape index (κ3) is 2.27. The van der Waals surface area contributed by atoms with Crippen molar-refractivity contribution in [1.82, 2.24) is 4.90 Å². The minimum Gasteiger partial charge on any atom is -0.338 e. The van der Waals surface area contributed by atoms with Gasteiger partial charge >= 0.3 is 0 Å². The van der Waals surface area contributed by atoms with E-state index in [4.69, 9.17) is 5.73 Å². The van der Waals surface area contributed by atoms with E-state index in [2.05, 4.69) is 0 Å². The van der Waals surface area contributed by atoms with E-state index in [1.54, 1.807) is 0 Å². The number of amides is 1. The summed E-state index contributed by atoms with van der Waals surface area (Å²) in [4.78, 5) is 13.9. The number of carbonyl (C=O) groups excluding carboxylic acids is 1. The fraction of sp³-hybridized carbons (Fsp3) is 0.909. The van der Waals surface area contributed by atoms with Crippen LogP contribution in [-0.2, 0) is 4.79 Å². The molecule has 1 unspecified atom stereocenters. The Hall–Kier alpha value is -0.570. The SMILES string of the molecule is NCC1CCCCN1C(=O)CC1CC1. The Labute approximate surface area is 85.6 Å². The highest BCUT2D eigenvalue weighted by Crippen LogP contribution is 2.33. The summed E-state index contributed by atoms with van der Waals surface area (Å²) in [6.45, 7) is 1.57. The summed E-state index contributed by atoms with van der Waals surface area (Å²) in [6.07, 6.45) is 6.78. The average Bonchev–Trinajstić information content (AvgIpc) is 3.01. The Kier molecular flexibility index (Phi) is 3.06. The fourth-order valence-corrected chi connectivity index (χ4v) is 2.26. The zero-order valence-corrected chi connectivity index (χ0v) is 8.74. The van der Waals surface area contributed by atoms with Crippen LogP contribution in [0, 0.1) is 5.92 Å². The van der Waals surface area contributed by atoms with Crippen LogP contribution < -0.4 is 5.73 Å². The zero-order valence-electron chi connectivity index (χ0n) is 8.74. The largest absolute Gasteiger partial charge is 0.338 e. The topological polar surface area (TPSA) is 46.3 Å². The smallest absolute Gasteiger partial charge is 0.223 e. The van der Waals surface area contributed by atoms with Crippen LogP contribution in [0.4, 0.5) is 0 Å². The Morgan fingerprint density at radius 2 is 2.07 bits per heavy atom. The van der Waals surface area contributed by atoms with Crippen LogP contribution in [0.1, 0.15) is 38.5 Å². The van der Waals surface area contributed by atoms with E-state index in [0.29, 0.717) is 24.4 Å². The third-order valence-electron chi connectivity index (χ3n) is 3.38. The number of piperidine rings is 1. The number of carbonyl (C=O) groups is 1. The van der Waals surface area contributed by atoms with Gasteiger partial charge in [0, 0.05) is 25.6 Å². The van der Waals surface area contributed by atoms with Gasteiger partial charge in [-0.1, -0.05) is 0 Å². The van der Waals surface area contributed by atoms with Crippen LogP contribution in [0.25, 0.3) is 0 Å². The monoisotopic (exact) mass is 196 g/mol. The summed E-state index contributed by atoms with van der Waals surface area (Å²) in [5, 5.41) is 0. The summed E-state index contributed by atoms with van der Waals surface area (Å²) in [5.41, 5.74) is 5.68. The molecule has 2 fully saturated rings. The molecule has 80 valence electrons. The number of rotatable bonds is 3. The normalized spacial score (nSPS) is 27.8. The minimum absolute atomic E-state index is 0.329. The molecule has 14 heavy (non-hydrogen) atoms. The first-order valence-corrected chi connectivity index (χ1v) is 5.81. The molecule has 0 spiro atoms. The van der Waals surface area contributed by atoms with Crippen molar-refractivity contribution < 1.29 is 4.79 Å². The van der Waals surface area contributed by atoms with Crippen LogP contribution >= 0.6 is 0 Å². The van der Waals surface area contributed by atoms with Crippen molar-refractivity contribution in [1.29, 1.82) is 0 Å². The van der Waals surface area contributed by atoms with Crippen LogP contribution in [0.3, 0.4) is 0 Å². The van der Waals surface area contributed by atoms with Gasteiger partial charge in [0.25, 0.3) is 0 Å². The molecule has 1 heterocycles. The summed E-state index contributed by atoms with van der Waals surface area (Å²) in [7, 11) is 0. The molecule has 0 aromatic rings. The second-order valence-corrected chi connectivity index (χ2v) is 4.62. The van der Waals surface area contributed by atoms with Crippen molar-refractivity contribution in [3.63, 3.8) is 0 Å². The second kappa shape index (κ2) is 4.30. The van der Waals surface area contributed by atoms with Gasteiger partial charge in [0.2, 0.25) is 5.91 Å². The second-order valence-electron chi connectivity index (χ2n) is 4.62. The maximum Gasteiger partial charge on any atom is 0.223 e. The molecule has 1 aliphatic heterocycles. The lowest BCUT2D eigenvalue weighted by molar-refractivity contribution is -0.135. The first-order valence-electron chi connectivity index (χ1n) is 5.81. The van der Waals surface area contributed by atoms with Gasteiger partial charge in [-0.3, -0.25) is 4.79 Å². The molecule has 0 aromatic heterocycles. The summed E-state index contributed by atoms with van der Waals surface area (Å²) in [5.74, 6) is 1.05. The third-order valence-corrected chi connectivity index (χ3v) is 3.38. The van der Waals surface area contributed by atoms with Gasteiger partial charge in [0.05, 0.1) is 0 Å². The van der Waals surface area contributed by atoms with Gasteiger partial charge in [-0.2, -0.15) is 0 Å². The molecule has 1 atom stereocenters. The zero-order chi connectivity index (χ0) is 9.97. The molecule has 2 aliphatic rings. The van der Waals surface area contributed by atoms with Crippen LogP contribution in [0.5, 0.6) is 0 Å². The van der Waals surface area contributed by atoms with Crippen LogP contribution in [-0.4, -0.2) is 29.9 Å². The Morgan fingerprint density at radius 3 is 2.71 bits per heavy atom. The summed E-state index contributed by atoms with van der Waals surface area (Å²) >= 11 is 0. The van der Waals surface area contributed by atoms with Gasteiger partial charge in [0.15, 0.2) is 0 Å². The average molecular weight is 196 g/mol. The minimum atomic E-state index is 0.329. The number of likely N-dealkylation sites (tertiary alicyclic amines) is 1. The number of hydrogen-bond acceptors (Lipinski definition) is 2. The van der Waals surface area contributed by atoms with Crippen molar-refractivity contribution in [3.8, 4) is 0 Å². The summed E-state index contributed by atoms with van der Waals surface area (Å²) in [6, 6.07) is 0.329. The standard InChI is InChI=1S/C11H20N2O/c12-8-10-3-1-2-6-13(10)11(14)7-9-4-5-9/h9-10H,1-8,12H2. The van der Waals surface area contributed by atoms with Crippen LogP contribution in [0.15, 0.2) is 0 Å². The quantitative estimate of drug-likeness (QED) is 0.735. The van der Waals surface area contributed by atoms with Crippen molar-refractivity contribution >= 4 is 5.91 Å². The molecule has 2 rings (SSSR count). The molecule has 1 aliphatic carbocycles. The molecule has 3 heteroatoms. The molecule has 1 saturated heterocycles. The molecule has 0 aromatic carbocycles. The predicted octanol–water partition coefficient (Wildman–Crippen LogP) is 1.13. The van der Waals surface area contributed by atoms with Gasteiger partial charge in [-0.15, -0.1) is 0 Å². The highest BCUT2D eigenvalue weighted by Gasteiger charge is 2.30. The van der Waals surface area contributed by atoms with E-state index in [9.17, 15) is 4.79 Å². The van der Waals surface area contributed by atoms with Gasteiger partial charge in [-0.05, 0) is 38.0 Å². The lowest BCUT2D eigenvalue weighted by Gasteiger charge is -2.35. The number of nitrogens with zero attached hydrogens (tertiary/aromatic N) is 1. The van der Waals surface area contributed by atoms with Crippen molar-refractivity contribution in [2.24, 2.45) is 11.7 Å². The fourth-order valence-electron chi connectivity index (χ4n) is 2.26. The predicted molar refractivity (Wildman–Crippen MR) is 55.7 cm³/mol. The number of nitrogens with two attached hydrogens (primary N) is 1. The van der Waals surface area contributed by atoms with E-state index < -0.39 is 0 Å². The molecule has 3 nitrogen and oxygen atoms in total. The van der Waals surface area contributed by atoms with Crippen molar-refractivity contribution in [3.05, 3.63) is 0 Å². The Bertz CT molecular complexity index is 213. The first-order chi connectivity index (χ1) is 6.81. The summed E-state index contributed by atoms with van der Waals surface area (Å²) < 4.78 is 0. The van der Waals surface area contributed by atoms with E-state index in [1.807, 2.05) is 4.90 Å². The first kappa shape index (κ1) is 9.97. The van der Waals surface area contributed by atoms with Crippen molar-refractivity contribution in [2.45, 2.75) is 44.6 Å². The molecular weight excluding hydrogens is 176 g/mol. The maximum atomic E-state index is 11.9. The highest BCUT2D eigenvalue weighted by atomic mass is 16.2. The lowest BCUT2D eigenvalue weighted by Crippen LogP contribution is -2.47. The Balaban J connectivity index is 1.87. The lowest BCUT2D eigenvalue weighted by atomic mass is 10.0. The maximum absolute atomic E-state index is 11.9. The molecule has 2 N–H and O–H groups in total. The van der Waals surface area contributed by atoms with E-state index in [1.165, 1.54) is 19.3 Å². The molecular formula is C11H20N2O. The Morgan fingerprint density at radius 1 is 1.29 bits per heavy atom. The molecule has 1 amide bonds. The van der Waals surface area contributed by atoms with Crippen molar-refractivity contribution in [2.75, 3.05) is 13.1 Å². The van der Waals surface area contributed by atoms with Gasteiger partial charge in [-0.25, -0.2) is 0 Å². The van der Waals surface area contributed by atoms with Gasteiger partial charge < -0.3 is 10.6 Å². The molecule has 1 saturated carbocycles.